The average molecular weight is 433 g/mol. The maximum absolute atomic E-state index is 12.7. The van der Waals surface area contributed by atoms with Crippen molar-refractivity contribution in [1.82, 2.24) is 5.32 Å². The van der Waals surface area contributed by atoms with Crippen molar-refractivity contribution in [3.05, 3.63) is 59.2 Å². The first-order valence-electron chi connectivity index (χ1n) is 9.82. The van der Waals surface area contributed by atoms with Gasteiger partial charge in [-0.3, -0.25) is 9.52 Å². The molecule has 8 heteroatoms. The number of carbonyl (C=O) groups excluding carboxylic acids is 2. The molecule has 0 aliphatic carbocycles. The Balaban J connectivity index is 2.00. The normalized spacial score (nSPS) is 11.2. The van der Waals surface area contributed by atoms with Crippen LogP contribution in [0.4, 0.5) is 5.69 Å². The van der Waals surface area contributed by atoms with E-state index >= 15 is 0 Å². The van der Waals surface area contributed by atoms with E-state index in [2.05, 4.69) is 10.0 Å². The Morgan fingerprint density at radius 3 is 2.23 bits per heavy atom. The number of anilines is 1. The zero-order valence-corrected chi connectivity index (χ0v) is 18.5. The molecule has 0 fully saturated rings. The maximum Gasteiger partial charge on any atom is 0.338 e. The van der Waals surface area contributed by atoms with E-state index in [-0.39, 0.29) is 29.0 Å². The smallest absolute Gasteiger partial charge is 0.338 e. The van der Waals surface area contributed by atoms with Crippen molar-refractivity contribution in [2.45, 2.75) is 51.5 Å². The SMILES string of the molecule is CCC(CC)NC(=O)COC(=O)c1ccc(NS(=O)(=O)c2cc(C)ccc2C)cc1. The number of rotatable bonds is 9. The van der Waals surface area contributed by atoms with Crippen LogP contribution in [0.3, 0.4) is 0 Å². The Bertz CT molecular complexity index is 997. The summed E-state index contributed by atoms with van der Waals surface area (Å²) in [5.41, 5.74) is 2.02. The Morgan fingerprint density at radius 1 is 1.00 bits per heavy atom. The second kappa shape index (κ2) is 10.2. The highest BCUT2D eigenvalue weighted by Crippen LogP contribution is 2.21. The number of esters is 1. The van der Waals surface area contributed by atoms with Crippen molar-refractivity contribution in [1.29, 1.82) is 0 Å². The fourth-order valence-corrected chi connectivity index (χ4v) is 4.25. The molecule has 0 heterocycles. The highest BCUT2D eigenvalue weighted by molar-refractivity contribution is 7.92. The fraction of sp³-hybridized carbons (Fsp3) is 0.364. The molecule has 0 spiro atoms. The van der Waals surface area contributed by atoms with Crippen LogP contribution in [0.2, 0.25) is 0 Å². The molecule has 7 nitrogen and oxygen atoms in total. The molecule has 0 aliphatic heterocycles. The molecular weight excluding hydrogens is 404 g/mol. The largest absolute Gasteiger partial charge is 0.452 e. The predicted octanol–water partition coefficient (Wildman–Crippen LogP) is 3.57. The molecule has 2 N–H and O–H groups in total. The van der Waals surface area contributed by atoms with Gasteiger partial charge in [-0.25, -0.2) is 13.2 Å². The number of sulfonamides is 1. The zero-order valence-electron chi connectivity index (χ0n) is 17.7. The number of amides is 1. The molecule has 162 valence electrons. The van der Waals surface area contributed by atoms with Gasteiger partial charge in [0.2, 0.25) is 0 Å². The number of benzene rings is 2. The second-order valence-electron chi connectivity index (χ2n) is 7.11. The molecular formula is C22H28N2O5S. The van der Waals surface area contributed by atoms with E-state index in [9.17, 15) is 18.0 Å². The molecule has 0 unspecified atom stereocenters. The summed E-state index contributed by atoms with van der Waals surface area (Å²) in [6, 6.07) is 11.1. The van der Waals surface area contributed by atoms with E-state index in [4.69, 9.17) is 4.74 Å². The lowest BCUT2D eigenvalue weighted by molar-refractivity contribution is -0.125. The average Bonchev–Trinajstić information content (AvgIpc) is 2.72. The van der Waals surface area contributed by atoms with Gasteiger partial charge in [-0.1, -0.05) is 26.0 Å². The highest BCUT2D eigenvalue weighted by atomic mass is 32.2. The van der Waals surface area contributed by atoms with E-state index < -0.39 is 16.0 Å². The van der Waals surface area contributed by atoms with Crippen LogP contribution in [0.1, 0.15) is 48.2 Å². The van der Waals surface area contributed by atoms with Gasteiger partial charge in [-0.2, -0.15) is 0 Å². The van der Waals surface area contributed by atoms with E-state index in [1.165, 1.54) is 24.3 Å². The fourth-order valence-electron chi connectivity index (χ4n) is 2.86. The van der Waals surface area contributed by atoms with Crippen molar-refractivity contribution in [3.8, 4) is 0 Å². The van der Waals surface area contributed by atoms with Gasteiger partial charge in [0.1, 0.15) is 0 Å². The van der Waals surface area contributed by atoms with Crippen LogP contribution in [0.15, 0.2) is 47.4 Å². The van der Waals surface area contributed by atoms with E-state index in [0.717, 1.165) is 18.4 Å². The van der Waals surface area contributed by atoms with Gasteiger partial charge >= 0.3 is 5.97 Å². The molecule has 0 bridgehead atoms. The molecule has 0 aromatic heterocycles. The predicted molar refractivity (Wildman–Crippen MR) is 116 cm³/mol. The first-order valence-corrected chi connectivity index (χ1v) is 11.3. The van der Waals surface area contributed by atoms with E-state index in [0.29, 0.717) is 11.3 Å². The van der Waals surface area contributed by atoms with E-state index in [1.807, 2.05) is 26.8 Å². The molecule has 2 aromatic carbocycles. The zero-order chi connectivity index (χ0) is 22.3. The quantitative estimate of drug-likeness (QED) is 0.590. The van der Waals surface area contributed by atoms with Crippen LogP contribution < -0.4 is 10.0 Å². The third-order valence-electron chi connectivity index (χ3n) is 4.69. The lowest BCUT2D eigenvalue weighted by atomic mass is 10.2. The first kappa shape index (κ1) is 23.4. The minimum Gasteiger partial charge on any atom is -0.452 e. The van der Waals surface area contributed by atoms with Gasteiger partial charge in [0.05, 0.1) is 10.5 Å². The first-order chi connectivity index (χ1) is 14.2. The van der Waals surface area contributed by atoms with Gasteiger partial charge in [0.25, 0.3) is 15.9 Å². The molecule has 2 aromatic rings. The van der Waals surface area contributed by atoms with Crippen molar-refractivity contribution >= 4 is 27.6 Å². The van der Waals surface area contributed by atoms with Crippen molar-refractivity contribution in [2.75, 3.05) is 11.3 Å². The number of nitrogens with one attached hydrogen (secondary N) is 2. The van der Waals surface area contributed by atoms with Crippen molar-refractivity contribution in [2.24, 2.45) is 0 Å². The highest BCUT2D eigenvalue weighted by Gasteiger charge is 2.18. The summed E-state index contributed by atoms with van der Waals surface area (Å²) in [5, 5.41) is 2.79. The van der Waals surface area contributed by atoms with Crippen molar-refractivity contribution < 1.29 is 22.7 Å². The second-order valence-corrected chi connectivity index (χ2v) is 8.76. The van der Waals surface area contributed by atoms with E-state index in [1.54, 1.807) is 19.1 Å². The Morgan fingerprint density at radius 2 is 1.63 bits per heavy atom. The monoisotopic (exact) mass is 432 g/mol. The summed E-state index contributed by atoms with van der Waals surface area (Å²) in [4.78, 5) is 24.2. The lowest BCUT2D eigenvalue weighted by Gasteiger charge is -2.14. The molecule has 0 saturated heterocycles. The van der Waals surface area contributed by atoms with Crippen LogP contribution in [-0.4, -0.2) is 32.9 Å². The minimum absolute atomic E-state index is 0.0561. The van der Waals surface area contributed by atoms with Gasteiger partial charge in [0, 0.05) is 11.7 Å². The number of hydrogen-bond acceptors (Lipinski definition) is 5. The standard InChI is InChI=1S/C22H28N2O5S/c1-5-18(6-2)23-21(25)14-29-22(26)17-9-11-19(12-10-17)24-30(27,28)20-13-15(3)7-8-16(20)4/h7-13,18,24H,5-6,14H2,1-4H3,(H,23,25). The lowest BCUT2D eigenvalue weighted by Crippen LogP contribution is -2.36. The molecule has 0 saturated carbocycles. The molecule has 0 atom stereocenters. The maximum atomic E-state index is 12.7. The number of carbonyl (C=O) groups is 2. The number of ether oxygens (including phenoxy) is 1. The van der Waals surface area contributed by atoms with Crippen LogP contribution in [0.5, 0.6) is 0 Å². The van der Waals surface area contributed by atoms with Gasteiger partial charge in [0.15, 0.2) is 6.61 Å². The molecule has 0 aliphatic rings. The summed E-state index contributed by atoms with van der Waals surface area (Å²) in [5.74, 6) is -1.01. The summed E-state index contributed by atoms with van der Waals surface area (Å²) >= 11 is 0. The Hall–Kier alpha value is -2.87. The summed E-state index contributed by atoms with van der Waals surface area (Å²) < 4.78 is 32.9. The third kappa shape index (κ3) is 6.32. The van der Waals surface area contributed by atoms with Crippen LogP contribution in [0, 0.1) is 13.8 Å². The van der Waals surface area contributed by atoms with Crippen LogP contribution >= 0.6 is 0 Å². The summed E-state index contributed by atoms with van der Waals surface area (Å²) in [6.07, 6.45) is 1.60. The van der Waals surface area contributed by atoms with Gasteiger partial charge < -0.3 is 10.1 Å². The third-order valence-corrected chi connectivity index (χ3v) is 6.21. The van der Waals surface area contributed by atoms with Crippen LogP contribution in [-0.2, 0) is 19.6 Å². The number of hydrogen-bond donors (Lipinski definition) is 2. The van der Waals surface area contributed by atoms with Crippen LogP contribution in [0.25, 0.3) is 0 Å². The van der Waals surface area contributed by atoms with Gasteiger partial charge in [-0.05, 0) is 68.1 Å². The molecule has 0 radical (unpaired) electrons. The molecule has 1 amide bonds. The summed E-state index contributed by atoms with van der Waals surface area (Å²) in [7, 11) is -3.76. The Labute approximate surface area is 177 Å². The Kier molecular flexibility index (Phi) is 8.00. The minimum atomic E-state index is -3.76. The van der Waals surface area contributed by atoms with Crippen molar-refractivity contribution in [3.63, 3.8) is 0 Å². The van der Waals surface area contributed by atoms with Gasteiger partial charge in [-0.15, -0.1) is 0 Å². The summed E-state index contributed by atoms with van der Waals surface area (Å²) in [6.45, 7) is 7.12. The molecule has 30 heavy (non-hydrogen) atoms. The molecule has 2 rings (SSSR count). The topological polar surface area (TPSA) is 102 Å². The number of aryl methyl sites for hydroxylation is 2.